The summed E-state index contributed by atoms with van der Waals surface area (Å²) in [7, 11) is 0. The summed E-state index contributed by atoms with van der Waals surface area (Å²) < 4.78 is 6.07. The molecule has 1 N–H and O–H groups in total. The van der Waals surface area contributed by atoms with Gasteiger partial charge in [0, 0.05) is 5.56 Å². The maximum Gasteiger partial charge on any atom is 0.151 e. The van der Waals surface area contributed by atoms with Crippen molar-refractivity contribution < 1.29 is 14.6 Å². The summed E-state index contributed by atoms with van der Waals surface area (Å²) >= 11 is 3.29. The number of carbonyl (C=O) groups is 1. The van der Waals surface area contributed by atoms with Gasteiger partial charge in [0.15, 0.2) is 6.29 Å². The predicted molar refractivity (Wildman–Crippen MR) is 65.9 cm³/mol. The Balaban J connectivity index is 2.63. The van der Waals surface area contributed by atoms with Crippen LogP contribution in [0.2, 0.25) is 0 Å². The first-order chi connectivity index (χ1) is 7.69. The number of halogens is 1. The molecule has 0 fully saturated rings. The van der Waals surface area contributed by atoms with Crippen molar-refractivity contribution in [2.24, 2.45) is 0 Å². The molecular weight excluding hydrogens is 272 g/mol. The van der Waals surface area contributed by atoms with Gasteiger partial charge in [0.05, 0.1) is 10.6 Å². The zero-order valence-electron chi connectivity index (χ0n) is 9.15. The van der Waals surface area contributed by atoms with Crippen molar-refractivity contribution in [3.8, 4) is 5.75 Å². The summed E-state index contributed by atoms with van der Waals surface area (Å²) in [5, 5.41) is 9.52. The number of ether oxygens (including phenoxy) is 1. The topological polar surface area (TPSA) is 46.5 Å². The number of aliphatic hydroxyl groups excluding tert-OH is 1. The molecule has 1 rings (SSSR count). The first-order valence-electron chi connectivity index (χ1n) is 5.23. The van der Waals surface area contributed by atoms with E-state index in [9.17, 15) is 9.90 Å². The molecule has 0 heterocycles. The Labute approximate surface area is 104 Å². The summed E-state index contributed by atoms with van der Waals surface area (Å²) in [6.45, 7) is 2.25. The maximum absolute atomic E-state index is 10.7. The van der Waals surface area contributed by atoms with E-state index in [1.165, 1.54) is 0 Å². The zero-order chi connectivity index (χ0) is 12.0. The van der Waals surface area contributed by atoms with Crippen LogP contribution < -0.4 is 4.74 Å². The van der Waals surface area contributed by atoms with Gasteiger partial charge in [-0.05, 0) is 28.4 Å². The standard InChI is InChI=1S/C12H15BrO3/c1-2-4-10(15)8-16-11-6-3-5-9(7-14)12(11)13/h3,5-7,10,15H,2,4,8H2,1H3. The Bertz CT molecular complexity index is 352. The van der Waals surface area contributed by atoms with Gasteiger partial charge in [0.2, 0.25) is 0 Å². The second-order valence-corrected chi connectivity index (χ2v) is 4.32. The normalized spacial score (nSPS) is 12.2. The lowest BCUT2D eigenvalue weighted by atomic mass is 10.2. The average molecular weight is 287 g/mol. The number of carbonyl (C=O) groups excluding carboxylic acids is 1. The highest BCUT2D eigenvalue weighted by Crippen LogP contribution is 2.27. The molecule has 0 saturated carbocycles. The fourth-order valence-electron chi connectivity index (χ4n) is 1.33. The van der Waals surface area contributed by atoms with Crippen LogP contribution >= 0.6 is 15.9 Å². The van der Waals surface area contributed by atoms with Gasteiger partial charge in [-0.15, -0.1) is 0 Å². The van der Waals surface area contributed by atoms with E-state index in [1.54, 1.807) is 18.2 Å². The molecule has 1 aromatic carbocycles. The minimum atomic E-state index is -0.461. The van der Waals surface area contributed by atoms with E-state index in [2.05, 4.69) is 15.9 Å². The van der Waals surface area contributed by atoms with Gasteiger partial charge in [-0.1, -0.05) is 25.5 Å². The first-order valence-corrected chi connectivity index (χ1v) is 6.02. The molecule has 88 valence electrons. The van der Waals surface area contributed by atoms with E-state index in [0.29, 0.717) is 22.2 Å². The minimum absolute atomic E-state index is 0.245. The molecule has 1 atom stereocenters. The van der Waals surface area contributed by atoms with E-state index in [-0.39, 0.29) is 6.61 Å². The van der Waals surface area contributed by atoms with Crippen LogP contribution in [-0.2, 0) is 0 Å². The van der Waals surface area contributed by atoms with E-state index in [4.69, 9.17) is 4.74 Å². The van der Waals surface area contributed by atoms with E-state index < -0.39 is 6.10 Å². The highest BCUT2D eigenvalue weighted by Gasteiger charge is 2.08. The molecule has 1 aromatic rings. The summed E-state index contributed by atoms with van der Waals surface area (Å²) in [6, 6.07) is 5.21. The Morgan fingerprint density at radius 2 is 2.31 bits per heavy atom. The smallest absolute Gasteiger partial charge is 0.151 e. The zero-order valence-corrected chi connectivity index (χ0v) is 10.7. The van der Waals surface area contributed by atoms with Crippen LogP contribution in [0.3, 0.4) is 0 Å². The van der Waals surface area contributed by atoms with Gasteiger partial charge in [-0.25, -0.2) is 0 Å². The molecule has 0 spiro atoms. The molecule has 1 unspecified atom stereocenters. The molecule has 0 aliphatic rings. The number of hydrogen-bond donors (Lipinski definition) is 1. The SMILES string of the molecule is CCCC(O)COc1cccc(C=O)c1Br. The molecule has 0 radical (unpaired) electrons. The lowest BCUT2D eigenvalue weighted by Crippen LogP contribution is -2.17. The monoisotopic (exact) mass is 286 g/mol. The number of hydrogen-bond acceptors (Lipinski definition) is 3. The Hall–Kier alpha value is -0.870. The van der Waals surface area contributed by atoms with E-state index in [1.807, 2.05) is 6.92 Å². The predicted octanol–water partition coefficient (Wildman–Crippen LogP) is 2.80. The highest BCUT2D eigenvalue weighted by molar-refractivity contribution is 9.10. The van der Waals surface area contributed by atoms with Crippen molar-refractivity contribution in [2.75, 3.05) is 6.61 Å². The molecule has 0 aliphatic carbocycles. The van der Waals surface area contributed by atoms with Crippen LogP contribution in [0.5, 0.6) is 5.75 Å². The van der Waals surface area contributed by atoms with Crippen molar-refractivity contribution in [1.29, 1.82) is 0 Å². The van der Waals surface area contributed by atoms with Crippen LogP contribution in [0.1, 0.15) is 30.1 Å². The lowest BCUT2D eigenvalue weighted by Gasteiger charge is -2.13. The van der Waals surface area contributed by atoms with Gasteiger partial charge in [0.1, 0.15) is 12.4 Å². The quantitative estimate of drug-likeness (QED) is 0.818. The molecule has 0 saturated heterocycles. The van der Waals surface area contributed by atoms with Crippen molar-refractivity contribution in [3.63, 3.8) is 0 Å². The average Bonchev–Trinajstić information content (AvgIpc) is 2.28. The molecule has 3 nitrogen and oxygen atoms in total. The molecular formula is C12H15BrO3. The Kier molecular flexibility index (Phi) is 5.49. The van der Waals surface area contributed by atoms with Gasteiger partial charge in [-0.2, -0.15) is 0 Å². The summed E-state index contributed by atoms with van der Waals surface area (Å²) in [6.07, 6.45) is 1.93. The third-order valence-corrected chi connectivity index (χ3v) is 3.02. The van der Waals surface area contributed by atoms with Crippen molar-refractivity contribution in [1.82, 2.24) is 0 Å². The van der Waals surface area contributed by atoms with Gasteiger partial charge in [-0.3, -0.25) is 4.79 Å². The lowest BCUT2D eigenvalue weighted by molar-refractivity contribution is 0.0988. The third-order valence-electron chi connectivity index (χ3n) is 2.17. The van der Waals surface area contributed by atoms with Crippen LogP contribution in [0, 0.1) is 0 Å². The molecule has 0 aromatic heterocycles. The van der Waals surface area contributed by atoms with Crippen LogP contribution in [0.4, 0.5) is 0 Å². The van der Waals surface area contributed by atoms with Gasteiger partial charge >= 0.3 is 0 Å². The van der Waals surface area contributed by atoms with Crippen LogP contribution in [-0.4, -0.2) is 24.1 Å². The van der Waals surface area contributed by atoms with Gasteiger partial charge in [0.25, 0.3) is 0 Å². The van der Waals surface area contributed by atoms with Crippen molar-refractivity contribution in [3.05, 3.63) is 28.2 Å². The summed E-state index contributed by atoms with van der Waals surface area (Å²) in [5.41, 5.74) is 0.544. The maximum atomic E-state index is 10.7. The summed E-state index contributed by atoms with van der Waals surface area (Å²) in [5.74, 6) is 0.583. The summed E-state index contributed by atoms with van der Waals surface area (Å²) in [4.78, 5) is 10.7. The van der Waals surface area contributed by atoms with Crippen LogP contribution in [0.25, 0.3) is 0 Å². The largest absolute Gasteiger partial charge is 0.490 e. The molecule has 4 heteroatoms. The minimum Gasteiger partial charge on any atom is -0.490 e. The van der Waals surface area contributed by atoms with Gasteiger partial charge < -0.3 is 9.84 Å². The number of aliphatic hydroxyl groups is 1. The Morgan fingerprint density at radius 3 is 2.94 bits per heavy atom. The second kappa shape index (κ2) is 6.66. The molecule has 0 amide bonds. The highest BCUT2D eigenvalue weighted by atomic mass is 79.9. The molecule has 0 bridgehead atoms. The fraction of sp³-hybridized carbons (Fsp3) is 0.417. The number of rotatable bonds is 6. The second-order valence-electron chi connectivity index (χ2n) is 3.53. The first kappa shape index (κ1) is 13.2. The Morgan fingerprint density at radius 1 is 1.56 bits per heavy atom. The van der Waals surface area contributed by atoms with E-state index >= 15 is 0 Å². The molecule has 0 aliphatic heterocycles. The third kappa shape index (κ3) is 3.61. The fourth-order valence-corrected chi connectivity index (χ4v) is 1.81. The van der Waals surface area contributed by atoms with Crippen molar-refractivity contribution in [2.45, 2.75) is 25.9 Å². The molecule has 16 heavy (non-hydrogen) atoms. The van der Waals surface area contributed by atoms with Crippen molar-refractivity contribution >= 4 is 22.2 Å². The number of aldehydes is 1. The van der Waals surface area contributed by atoms with E-state index in [0.717, 1.165) is 12.7 Å². The number of benzene rings is 1. The van der Waals surface area contributed by atoms with Crippen LogP contribution in [0.15, 0.2) is 22.7 Å².